The van der Waals surface area contributed by atoms with Crippen LogP contribution in [0.3, 0.4) is 0 Å². The Morgan fingerprint density at radius 3 is 1.41 bits per heavy atom. The van der Waals surface area contributed by atoms with Crippen LogP contribution in [0.2, 0.25) is 0 Å². The quantitative estimate of drug-likeness (QED) is 0.484. The summed E-state index contributed by atoms with van der Waals surface area (Å²) in [6, 6.07) is 0. The van der Waals surface area contributed by atoms with E-state index in [2.05, 4.69) is 23.5 Å². The summed E-state index contributed by atoms with van der Waals surface area (Å²) in [5.74, 6) is 0. The minimum atomic E-state index is 0.446. The van der Waals surface area contributed by atoms with Crippen molar-refractivity contribution in [2.24, 2.45) is 0 Å². The first kappa shape index (κ1) is 18.2. The predicted octanol–water partition coefficient (Wildman–Crippen LogP) is 5.26. The number of hydrogen-bond donors (Lipinski definition) is 0. The van der Waals surface area contributed by atoms with Gasteiger partial charge in [-0.25, -0.2) is 9.69 Å². The van der Waals surface area contributed by atoms with Crippen LogP contribution in [0.25, 0.3) is 9.69 Å². The molecule has 1 rings (SSSR count). The van der Waals surface area contributed by atoms with Crippen LogP contribution in [-0.4, -0.2) is 13.2 Å². The van der Waals surface area contributed by atoms with Gasteiger partial charge in [-0.15, -0.1) is 0 Å². The molecule has 22 heavy (non-hydrogen) atoms. The Morgan fingerprint density at radius 2 is 1.14 bits per heavy atom. The maximum Gasteiger partial charge on any atom is 0.198 e. The molecule has 0 spiro atoms. The van der Waals surface area contributed by atoms with E-state index in [1.54, 1.807) is 0 Å². The molecule has 0 saturated carbocycles. The summed E-state index contributed by atoms with van der Waals surface area (Å²) in [7, 11) is 0. The summed E-state index contributed by atoms with van der Waals surface area (Å²) in [5.41, 5.74) is 4.58. The molecule has 0 atom stereocenters. The van der Waals surface area contributed by atoms with Gasteiger partial charge in [-0.1, -0.05) is 38.8 Å². The van der Waals surface area contributed by atoms with E-state index in [1.165, 1.54) is 0 Å². The van der Waals surface area contributed by atoms with Crippen LogP contribution in [-0.2, 0) is 22.7 Å². The molecule has 4 nitrogen and oxygen atoms in total. The molecule has 0 saturated heterocycles. The van der Waals surface area contributed by atoms with Crippen molar-refractivity contribution < 1.29 is 9.47 Å². The first-order chi connectivity index (χ1) is 10.6. The molecule has 0 aliphatic rings. The van der Waals surface area contributed by atoms with Crippen LogP contribution in [0.4, 0.5) is 11.4 Å². The van der Waals surface area contributed by atoms with Crippen molar-refractivity contribution in [1.29, 1.82) is 0 Å². The third-order valence-electron chi connectivity index (χ3n) is 3.62. The largest absolute Gasteiger partial charge is 0.377 e. The number of hydrogen-bond acceptors (Lipinski definition) is 2. The van der Waals surface area contributed by atoms with Crippen molar-refractivity contribution in [2.75, 3.05) is 13.2 Å². The van der Waals surface area contributed by atoms with Gasteiger partial charge in [-0.3, -0.25) is 0 Å². The molecule has 0 amide bonds. The van der Waals surface area contributed by atoms with E-state index < -0.39 is 0 Å². The van der Waals surface area contributed by atoms with Gasteiger partial charge in [0.05, 0.1) is 26.4 Å². The third-order valence-corrected chi connectivity index (χ3v) is 3.62. The minimum Gasteiger partial charge on any atom is -0.377 e. The molecule has 1 aromatic carbocycles. The Labute approximate surface area is 133 Å². The van der Waals surface area contributed by atoms with E-state index in [-0.39, 0.29) is 0 Å². The highest BCUT2D eigenvalue weighted by atomic mass is 16.5. The van der Waals surface area contributed by atoms with Crippen molar-refractivity contribution in [3.63, 3.8) is 0 Å². The molecule has 0 heterocycles. The smallest absolute Gasteiger partial charge is 0.198 e. The van der Waals surface area contributed by atoms with Crippen LogP contribution in [0, 0.1) is 27.0 Å². The van der Waals surface area contributed by atoms with Gasteiger partial charge in [-0.2, -0.15) is 0 Å². The molecule has 0 fully saturated rings. The fourth-order valence-corrected chi connectivity index (χ4v) is 2.40. The number of nitrogens with zero attached hydrogens (tertiary/aromatic N) is 2. The summed E-state index contributed by atoms with van der Waals surface area (Å²) >= 11 is 0. The van der Waals surface area contributed by atoms with Gasteiger partial charge in [0.2, 0.25) is 0 Å². The number of ether oxygens (including phenoxy) is 2. The fourth-order valence-electron chi connectivity index (χ4n) is 2.40. The third kappa shape index (κ3) is 4.07. The average Bonchev–Trinajstić information content (AvgIpc) is 2.52. The van der Waals surface area contributed by atoms with Gasteiger partial charge in [0.1, 0.15) is 0 Å². The van der Waals surface area contributed by atoms with Crippen molar-refractivity contribution >= 4 is 11.4 Å². The summed E-state index contributed by atoms with van der Waals surface area (Å²) in [5, 5.41) is 0. The lowest BCUT2D eigenvalue weighted by molar-refractivity contribution is 0.107. The normalized spacial score (nSPS) is 10.3. The van der Waals surface area contributed by atoms with Crippen molar-refractivity contribution in [1.82, 2.24) is 0 Å². The van der Waals surface area contributed by atoms with Gasteiger partial charge in [0.15, 0.2) is 11.4 Å². The molecule has 4 heteroatoms. The Hall–Kier alpha value is -1.88. The van der Waals surface area contributed by atoms with E-state index >= 15 is 0 Å². The lowest BCUT2D eigenvalue weighted by Gasteiger charge is -2.19. The molecule has 1 aromatic rings. The Kier molecular flexibility index (Phi) is 7.60. The molecule has 0 radical (unpaired) electrons. The monoisotopic (exact) mass is 300 g/mol. The Balaban J connectivity index is 3.32. The Bertz CT molecular complexity index is 542. The second kappa shape index (κ2) is 9.20. The van der Waals surface area contributed by atoms with Crippen molar-refractivity contribution in [2.45, 2.75) is 53.8 Å². The zero-order valence-electron chi connectivity index (χ0n) is 14.0. The van der Waals surface area contributed by atoms with E-state index in [4.69, 9.17) is 22.6 Å². The van der Waals surface area contributed by atoms with Gasteiger partial charge < -0.3 is 9.47 Å². The highest BCUT2D eigenvalue weighted by Gasteiger charge is 2.19. The maximum absolute atomic E-state index is 7.38. The topological polar surface area (TPSA) is 27.2 Å². The van der Waals surface area contributed by atoms with Crippen LogP contribution in [0.1, 0.15) is 48.9 Å². The SMILES string of the molecule is [C-]#[N+]c1c(C)c(COCCC)c(COCCC)c(C)c1[N+]#[C-]. The molecule has 118 valence electrons. The summed E-state index contributed by atoms with van der Waals surface area (Å²) in [4.78, 5) is 7.14. The summed E-state index contributed by atoms with van der Waals surface area (Å²) in [6.45, 7) is 25.0. The molecule has 0 aliphatic carbocycles. The van der Waals surface area contributed by atoms with Gasteiger partial charge in [0.25, 0.3) is 0 Å². The standard InChI is InChI=1S/C18H24N2O2/c1-7-9-21-11-15-13(3)17(19-5)18(20-6)14(4)16(15)12-22-10-8-2/h7-12H2,1-4H3. The molecular formula is C18H24N2O2. The molecule has 0 aliphatic heterocycles. The van der Waals surface area contributed by atoms with Gasteiger partial charge in [-0.05, 0) is 24.0 Å². The molecule has 0 bridgehead atoms. The average molecular weight is 300 g/mol. The van der Waals surface area contributed by atoms with Crippen molar-refractivity contribution in [3.8, 4) is 0 Å². The molecule has 0 unspecified atom stereocenters. The van der Waals surface area contributed by atoms with E-state index in [0.29, 0.717) is 37.8 Å². The highest BCUT2D eigenvalue weighted by molar-refractivity contribution is 5.80. The van der Waals surface area contributed by atoms with Crippen LogP contribution < -0.4 is 0 Å². The lowest BCUT2D eigenvalue weighted by atomic mass is 9.94. The first-order valence-corrected chi connectivity index (χ1v) is 7.67. The van der Waals surface area contributed by atoms with Crippen molar-refractivity contribution in [3.05, 3.63) is 45.1 Å². The summed E-state index contributed by atoms with van der Waals surface area (Å²) in [6.07, 6.45) is 1.91. The van der Waals surface area contributed by atoms with E-state index in [1.807, 2.05) is 13.8 Å². The fraction of sp³-hybridized carbons (Fsp3) is 0.556. The summed E-state index contributed by atoms with van der Waals surface area (Å²) < 4.78 is 11.4. The zero-order valence-corrected chi connectivity index (χ0v) is 14.0. The Morgan fingerprint density at radius 1 is 0.773 bits per heavy atom. The number of rotatable bonds is 8. The van der Waals surface area contributed by atoms with Crippen LogP contribution >= 0.6 is 0 Å². The zero-order chi connectivity index (χ0) is 16.5. The van der Waals surface area contributed by atoms with E-state index in [0.717, 1.165) is 35.1 Å². The highest BCUT2D eigenvalue weighted by Crippen LogP contribution is 2.40. The van der Waals surface area contributed by atoms with E-state index in [9.17, 15) is 0 Å². The second-order valence-corrected chi connectivity index (χ2v) is 5.23. The minimum absolute atomic E-state index is 0.446. The lowest BCUT2D eigenvalue weighted by Crippen LogP contribution is -2.07. The van der Waals surface area contributed by atoms with Crippen LogP contribution in [0.5, 0.6) is 0 Å². The molecular weight excluding hydrogens is 276 g/mol. The maximum atomic E-state index is 7.38. The van der Waals surface area contributed by atoms with Gasteiger partial charge >= 0.3 is 0 Å². The second-order valence-electron chi connectivity index (χ2n) is 5.23. The molecule has 0 N–H and O–H groups in total. The number of benzene rings is 1. The molecule has 0 aromatic heterocycles. The van der Waals surface area contributed by atoms with Gasteiger partial charge in [0, 0.05) is 13.2 Å². The first-order valence-electron chi connectivity index (χ1n) is 7.67. The van der Waals surface area contributed by atoms with Crippen LogP contribution in [0.15, 0.2) is 0 Å². The predicted molar refractivity (Wildman–Crippen MR) is 88.3 cm³/mol.